The molecule has 19 heavy (non-hydrogen) atoms. The second-order valence-electron chi connectivity index (χ2n) is 5.36. The van der Waals surface area contributed by atoms with Crippen molar-refractivity contribution < 1.29 is 4.79 Å². The van der Waals surface area contributed by atoms with Gasteiger partial charge in [-0.2, -0.15) is 0 Å². The minimum Gasteiger partial charge on any atom is -0.351 e. The van der Waals surface area contributed by atoms with Crippen molar-refractivity contribution in [2.24, 2.45) is 5.73 Å². The van der Waals surface area contributed by atoms with E-state index in [1.807, 2.05) is 6.07 Å². The van der Waals surface area contributed by atoms with Crippen molar-refractivity contribution in [1.29, 1.82) is 0 Å². The maximum Gasteiger partial charge on any atom is 0.236 e. The number of hydrogen-bond donors (Lipinski definition) is 2. The van der Waals surface area contributed by atoms with Crippen LogP contribution in [0.4, 0.5) is 0 Å². The van der Waals surface area contributed by atoms with E-state index in [0.717, 1.165) is 19.5 Å². The fourth-order valence-corrected chi connectivity index (χ4v) is 2.53. The van der Waals surface area contributed by atoms with Gasteiger partial charge in [0.2, 0.25) is 5.91 Å². The fourth-order valence-electron chi connectivity index (χ4n) is 2.53. The van der Waals surface area contributed by atoms with Gasteiger partial charge in [0.05, 0.1) is 6.04 Å². The van der Waals surface area contributed by atoms with Gasteiger partial charge < -0.3 is 11.1 Å². The van der Waals surface area contributed by atoms with E-state index in [9.17, 15) is 4.79 Å². The highest BCUT2D eigenvalue weighted by Gasteiger charge is 2.28. The number of benzene rings is 1. The van der Waals surface area contributed by atoms with Crippen LogP contribution in [-0.4, -0.2) is 36.0 Å². The van der Waals surface area contributed by atoms with Crippen molar-refractivity contribution in [2.75, 3.05) is 13.1 Å². The van der Waals surface area contributed by atoms with Crippen LogP contribution in [0.3, 0.4) is 0 Å². The molecule has 0 aliphatic carbocycles. The Labute approximate surface area is 115 Å². The van der Waals surface area contributed by atoms with Crippen molar-refractivity contribution in [3.8, 4) is 0 Å². The number of nitrogens with one attached hydrogen (secondary N) is 1. The summed E-state index contributed by atoms with van der Waals surface area (Å²) in [5.41, 5.74) is 6.89. The molecule has 4 nitrogen and oxygen atoms in total. The van der Waals surface area contributed by atoms with E-state index in [4.69, 9.17) is 5.73 Å². The largest absolute Gasteiger partial charge is 0.351 e. The highest BCUT2D eigenvalue weighted by molar-refractivity contribution is 5.81. The number of rotatable bonds is 4. The maximum absolute atomic E-state index is 11.6. The Bertz CT molecular complexity index is 419. The Hall–Kier alpha value is -1.39. The molecule has 104 valence electrons. The Balaban J connectivity index is 1.90. The highest BCUT2D eigenvalue weighted by Crippen LogP contribution is 2.24. The van der Waals surface area contributed by atoms with Gasteiger partial charge in [-0.3, -0.25) is 9.69 Å². The third kappa shape index (κ3) is 3.55. The molecule has 3 N–H and O–H groups in total. The molecule has 1 aromatic rings. The summed E-state index contributed by atoms with van der Waals surface area (Å²) >= 11 is 0. The zero-order valence-corrected chi connectivity index (χ0v) is 11.7. The van der Waals surface area contributed by atoms with Crippen molar-refractivity contribution in [3.05, 3.63) is 35.9 Å². The van der Waals surface area contributed by atoms with Gasteiger partial charge in [0.1, 0.15) is 0 Å². The van der Waals surface area contributed by atoms with E-state index in [2.05, 4.69) is 41.4 Å². The smallest absolute Gasteiger partial charge is 0.236 e. The molecule has 1 aromatic carbocycles. The van der Waals surface area contributed by atoms with E-state index < -0.39 is 6.04 Å². The molecular weight excluding hydrogens is 238 g/mol. The van der Waals surface area contributed by atoms with Crippen LogP contribution in [0.25, 0.3) is 0 Å². The van der Waals surface area contributed by atoms with Gasteiger partial charge in [0, 0.05) is 25.2 Å². The zero-order valence-electron chi connectivity index (χ0n) is 11.7. The number of nitrogens with two attached hydrogens (primary N) is 1. The summed E-state index contributed by atoms with van der Waals surface area (Å²) in [6, 6.07) is 10.7. The monoisotopic (exact) mass is 261 g/mol. The molecular formula is C15H23N3O. The third-order valence-electron chi connectivity index (χ3n) is 3.81. The number of likely N-dealkylation sites (tertiary alicyclic amines) is 1. The van der Waals surface area contributed by atoms with Crippen LogP contribution in [0.1, 0.15) is 31.9 Å². The van der Waals surface area contributed by atoms with E-state index in [1.165, 1.54) is 5.56 Å². The molecule has 1 saturated heterocycles. The van der Waals surface area contributed by atoms with Crippen LogP contribution in [0.15, 0.2) is 30.3 Å². The minimum atomic E-state index is -0.430. The summed E-state index contributed by atoms with van der Waals surface area (Å²) < 4.78 is 0. The second-order valence-corrected chi connectivity index (χ2v) is 5.36. The number of carbonyl (C=O) groups excluding carboxylic acids is 1. The summed E-state index contributed by atoms with van der Waals surface area (Å²) in [5.74, 6) is -0.0563. The molecule has 2 rings (SSSR count). The molecule has 1 aliphatic rings. The van der Waals surface area contributed by atoms with Crippen molar-refractivity contribution in [1.82, 2.24) is 10.2 Å². The molecule has 4 heteroatoms. The predicted octanol–water partition coefficient (Wildman–Crippen LogP) is 1.29. The first-order valence-corrected chi connectivity index (χ1v) is 6.93. The first-order valence-electron chi connectivity index (χ1n) is 6.93. The lowest BCUT2D eigenvalue weighted by Crippen LogP contribution is -2.45. The Morgan fingerprint density at radius 2 is 2.05 bits per heavy atom. The topological polar surface area (TPSA) is 58.4 Å². The van der Waals surface area contributed by atoms with Gasteiger partial charge in [-0.25, -0.2) is 0 Å². The fraction of sp³-hybridized carbons (Fsp3) is 0.533. The molecule has 0 saturated carbocycles. The minimum absolute atomic E-state index is 0.0563. The summed E-state index contributed by atoms with van der Waals surface area (Å²) in [6.45, 7) is 5.84. The Morgan fingerprint density at radius 1 is 1.37 bits per heavy atom. The average Bonchev–Trinajstić information content (AvgIpc) is 2.87. The summed E-state index contributed by atoms with van der Waals surface area (Å²) in [4.78, 5) is 14.0. The van der Waals surface area contributed by atoms with Gasteiger partial charge in [-0.05, 0) is 25.8 Å². The second kappa shape index (κ2) is 6.17. The van der Waals surface area contributed by atoms with E-state index in [-0.39, 0.29) is 11.9 Å². The van der Waals surface area contributed by atoms with Crippen LogP contribution in [-0.2, 0) is 4.79 Å². The molecule has 1 heterocycles. The molecule has 0 aromatic heterocycles. The molecule has 2 unspecified atom stereocenters. The van der Waals surface area contributed by atoms with Gasteiger partial charge in [-0.15, -0.1) is 0 Å². The van der Waals surface area contributed by atoms with Crippen LogP contribution >= 0.6 is 0 Å². The molecule has 0 bridgehead atoms. The van der Waals surface area contributed by atoms with E-state index in [0.29, 0.717) is 6.04 Å². The molecule has 0 radical (unpaired) electrons. The van der Waals surface area contributed by atoms with Crippen molar-refractivity contribution in [3.63, 3.8) is 0 Å². The summed E-state index contributed by atoms with van der Waals surface area (Å²) in [5, 5.41) is 3.01. The van der Waals surface area contributed by atoms with E-state index in [1.54, 1.807) is 6.92 Å². The standard InChI is InChI=1S/C15H23N3O/c1-11(16)15(19)17-14-8-9-18(10-14)12(2)13-6-4-3-5-7-13/h3-7,11-12,14H,8-10,16H2,1-2H3,(H,17,19)/t11-,12?,14?/m1/s1. The SMILES string of the molecule is CC(c1ccccc1)N1CCC(NC(=O)[C@@H](C)N)C1. The Morgan fingerprint density at radius 3 is 2.68 bits per heavy atom. The highest BCUT2D eigenvalue weighted by atomic mass is 16.2. The summed E-state index contributed by atoms with van der Waals surface area (Å²) in [7, 11) is 0. The molecule has 0 spiro atoms. The lowest BCUT2D eigenvalue weighted by molar-refractivity contribution is -0.122. The molecule has 1 amide bonds. The zero-order chi connectivity index (χ0) is 13.8. The summed E-state index contributed by atoms with van der Waals surface area (Å²) in [6.07, 6.45) is 0.996. The lowest BCUT2D eigenvalue weighted by Gasteiger charge is -2.25. The molecule has 1 aliphatic heterocycles. The normalized spacial score (nSPS) is 23.0. The third-order valence-corrected chi connectivity index (χ3v) is 3.81. The predicted molar refractivity (Wildman–Crippen MR) is 76.6 cm³/mol. The maximum atomic E-state index is 11.6. The van der Waals surface area contributed by atoms with Crippen LogP contribution < -0.4 is 11.1 Å². The number of amides is 1. The first kappa shape index (κ1) is 14.0. The van der Waals surface area contributed by atoms with Crippen molar-refractivity contribution >= 4 is 5.91 Å². The van der Waals surface area contributed by atoms with Gasteiger partial charge in [0.25, 0.3) is 0 Å². The van der Waals surface area contributed by atoms with Crippen molar-refractivity contribution in [2.45, 2.75) is 38.4 Å². The Kier molecular flexibility index (Phi) is 4.56. The number of carbonyl (C=O) groups is 1. The van der Waals surface area contributed by atoms with E-state index >= 15 is 0 Å². The molecule has 3 atom stereocenters. The van der Waals surface area contributed by atoms with Crippen LogP contribution in [0, 0.1) is 0 Å². The van der Waals surface area contributed by atoms with Crippen LogP contribution in [0.5, 0.6) is 0 Å². The average molecular weight is 261 g/mol. The van der Waals surface area contributed by atoms with Gasteiger partial charge in [-0.1, -0.05) is 30.3 Å². The molecule has 1 fully saturated rings. The van der Waals surface area contributed by atoms with Crippen LogP contribution in [0.2, 0.25) is 0 Å². The van der Waals surface area contributed by atoms with Gasteiger partial charge in [0.15, 0.2) is 0 Å². The van der Waals surface area contributed by atoms with Gasteiger partial charge >= 0.3 is 0 Å². The lowest BCUT2D eigenvalue weighted by atomic mass is 10.1. The number of nitrogens with zero attached hydrogens (tertiary/aromatic N) is 1. The first-order chi connectivity index (χ1) is 9.08. The number of hydrogen-bond acceptors (Lipinski definition) is 3. The quantitative estimate of drug-likeness (QED) is 0.858.